The molecule has 0 bridgehead atoms. The van der Waals surface area contributed by atoms with Gasteiger partial charge in [0.1, 0.15) is 17.6 Å². The zero-order chi connectivity index (χ0) is 42.3. The number of aliphatic carboxylic acids is 1. The van der Waals surface area contributed by atoms with E-state index in [-0.39, 0.29) is 47.5 Å². The first-order valence-electron chi connectivity index (χ1n) is 18.6. The Hall–Kier alpha value is -6.82. The van der Waals surface area contributed by atoms with Crippen molar-refractivity contribution in [1.82, 2.24) is 24.9 Å². The van der Waals surface area contributed by atoms with E-state index in [9.17, 15) is 25.2 Å². The molecule has 1 fully saturated rings. The lowest BCUT2D eigenvalue weighted by Crippen LogP contribution is -2.62. The number of piperidine rings is 1. The molecule has 3 N–H and O–H groups in total. The first-order chi connectivity index (χ1) is 28.4. The van der Waals surface area contributed by atoms with Crippen molar-refractivity contribution < 1.29 is 33.6 Å². The fourth-order valence-electron chi connectivity index (χ4n) is 7.01. The van der Waals surface area contributed by atoms with E-state index in [1.165, 1.54) is 24.7 Å². The van der Waals surface area contributed by atoms with E-state index in [1.54, 1.807) is 50.6 Å². The number of alkyl carbamates (subject to hydrolysis) is 1. The molecule has 0 spiro atoms. The standard InChI is InChI=1S/C41H43ClN10O7/c1-6-50(22-25-7-11-29(56-3)12-8-25)37-36-45-21-28(20-44)52(36)49-39(48-37)46-33-17-27(19-43)18-34(35(33)42)51-16-15-32(47-40(55)58-5)31(23-51)41(2,38(53)54)59-24-26-9-13-30(57-4)14-10-26/h7-14,17-18,21,31-32H,6,15-16,22-24H2,1-5H3,(H,46,49)(H,47,55)(H,53,54)/t31-,32-,41?/m1/s1. The summed E-state index contributed by atoms with van der Waals surface area (Å²) < 4.78 is 23.1. The number of hydrogen-bond acceptors (Lipinski definition) is 14. The van der Waals surface area contributed by atoms with E-state index in [0.29, 0.717) is 48.1 Å². The number of methoxy groups -OCH3 is 3. The lowest BCUT2D eigenvalue weighted by atomic mass is 9.78. The maximum atomic E-state index is 13.1. The van der Waals surface area contributed by atoms with Gasteiger partial charge in [-0.05, 0) is 67.8 Å². The van der Waals surface area contributed by atoms with Crippen LogP contribution in [0.3, 0.4) is 0 Å². The maximum Gasteiger partial charge on any atom is 0.407 e. The zero-order valence-corrected chi connectivity index (χ0v) is 33.9. The Morgan fingerprint density at radius 1 is 1.03 bits per heavy atom. The summed E-state index contributed by atoms with van der Waals surface area (Å²) in [5, 5.41) is 41.5. The normalized spacial score (nSPS) is 16.0. The van der Waals surface area contributed by atoms with Gasteiger partial charge < -0.3 is 44.5 Å². The average Bonchev–Trinajstić information content (AvgIpc) is 3.68. The van der Waals surface area contributed by atoms with Gasteiger partial charge in [0.25, 0.3) is 0 Å². The summed E-state index contributed by atoms with van der Waals surface area (Å²) >= 11 is 7.16. The number of halogens is 1. The van der Waals surface area contributed by atoms with Crippen LogP contribution in [0.2, 0.25) is 5.02 Å². The quantitative estimate of drug-likeness (QED) is 0.112. The number of carbonyl (C=O) groups is 2. The van der Waals surface area contributed by atoms with Gasteiger partial charge in [-0.3, -0.25) is 0 Å². The minimum atomic E-state index is -1.81. The number of nitriles is 2. The van der Waals surface area contributed by atoms with E-state index >= 15 is 0 Å². The molecule has 1 amide bonds. The van der Waals surface area contributed by atoms with Crippen LogP contribution in [-0.4, -0.2) is 89.4 Å². The molecule has 18 heteroatoms. The number of amides is 1. The second kappa shape index (κ2) is 18.2. The van der Waals surface area contributed by atoms with Gasteiger partial charge in [0.05, 0.1) is 62.2 Å². The highest BCUT2D eigenvalue weighted by Gasteiger charge is 2.50. The largest absolute Gasteiger partial charge is 0.497 e. The molecule has 59 heavy (non-hydrogen) atoms. The Balaban J connectivity index is 1.35. The first kappa shape index (κ1) is 41.8. The van der Waals surface area contributed by atoms with E-state index in [4.69, 9.17) is 35.5 Å². The zero-order valence-electron chi connectivity index (χ0n) is 33.1. The molecule has 3 aromatic carbocycles. The van der Waals surface area contributed by atoms with Crippen LogP contribution in [0.1, 0.15) is 42.7 Å². The molecule has 3 heterocycles. The van der Waals surface area contributed by atoms with E-state index in [0.717, 1.165) is 11.3 Å². The fraction of sp³-hybridized carbons (Fsp3) is 0.341. The van der Waals surface area contributed by atoms with Crippen LogP contribution in [0.4, 0.5) is 27.9 Å². The van der Waals surface area contributed by atoms with Gasteiger partial charge in [0.2, 0.25) is 5.95 Å². The van der Waals surface area contributed by atoms with Crippen LogP contribution in [-0.2, 0) is 27.4 Å². The predicted octanol–water partition coefficient (Wildman–Crippen LogP) is 5.92. The number of nitrogens with zero attached hydrogens (tertiary/aromatic N) is 8. The van der Waals surface area contributed by atoms with Crippen LogP contribution >= 0.6 is 11.6 Å². The number of benzene rings is 3. The summed E-state index contributed by atoms with van der Waals surface area (Å²) in [5.74, 6) is -0.195. The summed E-state index contributed by atoms with van der Waals surface area (Å²) in [6.45, 7) is 4.76. The summed E-state index contributed by atoms with van der Waals surface area (Å²) in [7, 11) is 4.39. The number of carboxylic acid groups (broad SMARTS) is 1. The topological polar surface area (TPSA) is 212 Å². The predicted molar refractivity (Wildman–Crippen MR) is 218 cm³/mol. The molecule has 0 saturated carbocycles. The van der Waals surface area contributed by atoms with Gasteiger partial charge in [-0.1, -0.05) is 35.9 Å². The van der Waals surface area contributed by atoms with Crippen molar-refractivity contribution in [1.29, 1.82) is 10.5 Å². The summed E-state index contributed by atoms with van der Waals surface area (Å²) in [4.78, 5) is 38.8. The summed E-state index contributed by atoms with van der Waals surface area (Å²) in [6, 6.07) is 21.5. The lowest BCUT2D eigenvalue weighted by molar-refractivity contribution is -0.176. The molecule has 2 aromatic heterocycles. The molecule has 1 unspecified atom stereocenters. The lowest BCUT2D eigenvalue weighted by Gasteiger charge is -2.46. The number of carbonyl (C=O) groups excluding carboxylic acids is 1. The molecule has 6 rings (SSSR count). The van der Waals surface area contributed by atoms with Gasteiger partial charge in [-0.25, -0.2) is 14.6 Å². The molecule has 1 aliphatic rings. The molecule has 5 aromatic rings. The Kier molecular flexibility index (Phi) is 12.9. The number of fused-ring (bicyclic) bond motifs is 1. The van der Waals surface area contributed by atoms with Gasteiger partial charge in [0, 0.05) is 38.1 Å². The van der Waals surface area contributed by atoms with Gasteiger partial charge in [-0.15, -0.1) is 5.10 Å². The SMILES string of the molecule is CCN(Cc1ccc(OC)cc1)c1nc(Nc2cc(C#N)cc(N3CC[C@@H](NC(=O)OC)[C@H](C(C)(OCc4ccc(OC)cc4)C(=O)O)C3)c2Cl)nn2c(C#N)cnc12. The highest BCUT2D eigenvalue weighted by Crippen LogP contribution is 2.40. The van der Waals surface area contributed by atoms with Crippen LogP contribution < -0.4 is 29.9 Å². The van der Waals surface area contributed by atoms with Crippen molar-refractivity contribution >= 4 is 52.5 Å². The van der Waals surface area contributed by atoms with Crippen molar-refractivity contribution in [3.63, 3.8) is 0 Å². The second-order valence-electron chi connectivity index (χ2n) is 13.8. The molecular formula is C41H43ClN10O7. The fourth-order valence-corrected chi connectivity index (χ4v) is 7.28. The van der Waals surface area contributed by atoms with Gasteiger partial charge in [-0.2, -0.15) is 20.0 Å². The minimum absolute atomic E-state index is 0.0424. The molecule has 1 saturated heterocycles. The van der Waals surface area contributed by atoms with Crippen molar-refractivity contribution in [2.24, 2.45) is 5.92 Å². The Morgan fingerprint density at radius 2 is 1.71 bits per heavy atom. The number of rotatable bonds is 15. The van der Waals surface area contributed by atoms with Crippen molar-refractivity contribution in [3.05, 3.63) is 94.3 Å². The van der Waals surface area contributed by atoms with Crippen LogP contribution in [0.25, 0.3) is 5.65 Å². The van der Waals surface area contributed by atoms with Crippen LogP contribution in [0, 0.1) is 28.6 Å². The summed E-state index contributed by atoms with van der Waals surface area (Å²) in [6.07, 6.45) is 0.985. The van der Waals surface area contributed by atoms with Crippen LogP contribution in [0.15, 0.2) is 66.9 Å². The Labute approximate surface area is 345 Å². The highest BCUT2D eigenvalue weighted by atomic mass is 35.5. The molecule has 0 aliphatic carbocycles. The first-order valence-corrected chi connectivity index (χ1v) is 19.0. The van der Waals surface area contributed by atoms with Crippen LogP contribution in [0.5, 0.6) is 11.5 Å². The average molecular weight is 823 g/mol. The number of ether oxygens (including phenoxy) is 4. The molecule has 3 atom stereocenters. The number of carboxylic acids is 1. The number of aromatic nitrogens is 4. The monoisotopic (exact) mass is 822 g/mol. The van der Waals surface area contributed by atoms with E-state index in [1.807, 2.05) is 41.0 Å². The Morgan fingerprint density at radius 3 is 2.31 bits per heavy atom. The van der Waals surface area contributed by atoms with Crippen molar-refractivity contribution in [2.75, 3.05) is 56.1 Å². The van der Waals surface area contributed by atoms with E-state index in [2.05, 4.69) is 32.9 Å². The summed E-state index contributed by atoms with van der Waals surface area (Å²) in [5.41, 5.74) is 1.37. The molecule has 0 radical (unpaired) electrons. The molecule has 306 valence electrons. The third-order valence-corrected chi connectivity index (χ3v) is 10.8. The third kappa shape index (κ3) is 9.02. The van der Waals surface area contributed by atoms with Gasteiger partial charge >= 0.3 is 12.1 Å². The smallest absolute Gasteiger partial charge is 0.407 e. The number of hydrogen-bond donors (Lipinski definition) is 3. The maximum absolute atomic E-state index is 13.1. The molecule has 17 nitrogen and oxygen atoms in total. The highest BCUT2D eigenvalue weighted by molar-refractivity contribution is 6.36. The molecular weight excluding hydrogens is 780 g/mol. The molecule has 1 aliphatic heterocycles. The number of anilines is 4. The Bertz CT molecular complexity index is 2400. The minimum Gasteiger partial charge on any atom is -0.497 e. The third-order valence-electron chi connectivity index (χ3n) is 10.4. The van der Waals surface area contributed by atoms with Gasteiger partial charge in [0.15, 0.2) is 22.8 Å². The van der Waals surface area contributed by atoms with Crippen molar-refractivity contribution in [3.8, 4) is 23.6 Å². The van der Waals surface area contributed by atoms with Crippen molar-refractivity contribution in [2.45, 2.75) is 45.1 Å². The second-order valence-corrected chi connectivity index (χ2v) is 14.2. The number of nitrogens with one attached hydrogen (secondary N) is 2. The number of imidazole rings is 1. The van der Waals surface area contributed by atoms with E-state index < -0.39 is 29.6 Å².